The third-order valence-electron chi connectivity index (χ3n) is 5.88. The first-order valence-electron chi connectivity index (χ1n) is 11.2. The van der Waals surface area contributed by atoms with Crippen molar-refractivity contribution >= 4 is 28.3 Å². The van der Waals surface area contributed by atoms with E-state index in [2.05, 4.69) is 20.4 Å². The predicted octanol–water partition coefficient (Wildman–Crippen LogP) is 3.10. The van der Waals surface area contributed by atoms with Crippen LogP contribution >= 0.6 is 0 Å². The van der Waals surface area contributed by atoms with Crippen LogP contribution < -0.4 is 10.6 Å². The maximum absolute atomic E-state index is 12.5. The van der Waals surface area contributed by atoms with E-state index in [-0.39, 0.29) is 11.8 Å². The maximum Gasteiger partial charge on any atom is 0.234 e. The summed E-state index contributed by atoms with van der Waals surface area (Å²) >= 11 is 0. The van der Waals surface area contributed by atoms with Gasteiger partial charge >= 0.3 is 0 Å². The number of anilines is 1. The van der Waals surface area contributed by atoms with E-state index >= 15 is 0 Å². The quantitative estimate of drug-likeness (QED) is 0.576. The summed E-state index contributed by atoms with van der Waals surface area (Å²) in [7, 11) is 0. The molecule has 0 unspecified atom stereocenters. The molecule has 0 radical (unpaired) electrons. The molecular weight excluding hydrogens is 400 g/mol. The Morgan fingerprint density at radius 1 is 0.750 bits per heavy atom. The Hall–Kier alpha value is -3.22. The van der Waals surface area contributed by atoms with Crippen molar-refractivity contribution in [3.05, 3.63) is 78.4 Å². The molecule has 2 amide bonds. The molecule has 0 aliphatic carbocycles. The van der Waals surface area contributed by atoms with Gasteiger partial charge in [0.1, 0.15) is 0 Å². The highest BCUT2D eigenvalue weighted by Gasteiger charge is 2.19. The van der Waals surface area contributed by atoms with Crippen LogP contribution in [0.2, 0.25) is 0 Å². The zero-order valence-corrected chi connectivity index (χ0v) is 18.3. The Labute approximate surface area is 189 Å². The van der Waals surface area contributed by atoms with Crippen LogP contribution in [0.3, 0.4) is 0 Å². The van der Waals surface area contributed by atoms with E-state index in [4.69, 9.17) is 0 Å². The Kier molecular flexibility index (Phi) is 7.48. The van der Waals surface area contributed by atoms with Gasteiger partial charge in [-0.25, -0.2) is 0 Å². The number of piperazine rings is 1. The van der Waals surface area contributed by atoms with Gasteiger partial charge in [0, 0.05) is 56.8 Å². The second kappa shape index (κ2) is 10.9. The maximum atomic E-state index is 12.5. The van der Waals surface area contributed by atoms with E-state index in [1.807, 2.05) is 72.8 Å². The average molecular weight is 431 g/mol. The van der Waals surface area contributed by atoms with Gasteiger partial charge in [0.25, 0.3) is 0 Å². The first-order chi connectivity index (χ1) is 15.7. The normalized spacial score (nSPS) is 14.9. The lowest BCUT2D eigenvalue weighted by Crippen LogP contribution is -2.49. The summed E-state index contributed by atoms with van der Waals surface area (Å²) < 4.78 is 0. The van der Waals surface area contributed by atoms with Crippen LogP contribution in [0.4, 0.5) is 5.69 Å². The molecule has 0 bridgehead atoms. The molecule has 6 heteroatoms. The molecule has 32 heavy (non-hydrogen) atoms. The van der Waals surface area contributed by atoms with Gasteiger partial charge in [-0.2, -0.15) is 0 Å². The van der Waals surface area contributed by atoms with Gasteiger partial charge in [-0.3, -0.25) is 14.5 Å². The molecule has 1 saturated heterocycles. The Morgan fingerprint density at radius 3 is 2.25 bits per heavy atom. The molecule has 2 N–H and O–H groups in total. The van der Waals surface area contributed by atoms with E-state index in [9.17, 15) is 9.59 Å². The van der Waals surface area contributed by atoms with Crippen LogP contribution in [0.5, 0.6) is 0 Å². The molecule has 166 valence electrons. The summed E-state index contributed by atoms with van der Waals surface area (Å²) in [6.45, 7) is 5.12. The highest BCUT2D eigenvalue weighted by atomic mass is 16.2. The van der Waals surface area contributed by atoms with Gasteiger partial charge in [0.15, 0.2) is 0 Å². The second-order valence-corrected chi connectivity index (χ2v) is 8.21. The van der Waals surface area contributed by atoms with E-state index in [1.165, 1.54) is 0 Å². The Bertz CT molecular complexity index is 1040. The smallest absolute Gasteiger partial charge is 0.234 e. The Morgan fingerprint density at radius 2 is 1.44 bits per heavy atom. The summed E-state index contributed by atoms with van der Waals surface area (Å²) in [5, 5.41) is 8.22. The number of hydrogen-bond acceptors (Lipinski definition) is 4. The fourth-order valence-electron chi connectivity index (χ4n) is 4.03. The average Bonchev–Trinajstić information content (AvgIpc) is 2.83. The van der Waals surface area contributed by atoms with Crippen LogP contribution in [0.1, 0.15) is 12.0 Å². The van der Waals surface area contributed by atoms with Gasteiger partial charge < -0.3 is 15.5 Å². The van der Waals surface area contributed by atoms with Crippen molar-refractivity contribution in [3.8, 4) is 0 Å². The number of fused-ring (bicyclic) bond motifs is 1. The van der Waals surface area contributed by atoms with Crippen molar-refractivity contribution < 1.29 is 9.59 Å². The minimum Gasteiger partial charge on any atom is -0.351 e. The molecular formula is C26H30N4O2. The lowest BCUT2D eigenvalue weighted by Gasteiger charge is -2.34. The zero-order chi connectivity index (χ0) is 22.2. The lowest BCUT2D eigenvalue weighted by atomic mass is 10.1. The first-order valence-corrected chi connectivity index (χ1v) is 11.2. The third-order valence-corrected chi connectivity index (χ3v) is 5.88. The standard InChI is InChI=1S/C26H30N4O2/c31-25(28-24-12-6-10-22-9-4-5-11-23(22)24)13-14-29-15-17-30(18-16-29)20-26(32)27-19-21-7-2-1-3-8-21/h1-12H,13-20H2,(H,27,32)(H,28,31). The van der Waals surface area contributed by atoms with Crippen LogP contribution in [-0.2, 0) is 16.1 Å². The summed E-state index contributed by atoms with van der Waals surface area (Å²) in [4.78, 5) is 29.2. The van der Waals surface area contributed by atoms with Gasteiger partial charge in [0.05, 0.1) is 6.54 Å². The van der Waals surface area contributed by atoms with Gasteiger partial charge in [-0.05, 0) is 17.0 Å². The summed E-state index contributed by atoms with van der Waals surface area (Å²) in [5.41, 5.74) is 1.96. The highest BCUT2D eigenvalue weighted by Crippen LogP contribution is 2.23. The predicted molar refractivity (Wildman–Crippen MR) is 128 cm³/mol. The third kappa shape index (κ3) is 6.15. The largest absolute Gasteiger partial charge is 0.351 e. The number of carbonyl (C=O) groups is 2. The highest BCUT2D eigenvalue weighted by molar-refractivity contribution is 6.02. The molecule has 0 spiro atoms. The van der Waals surface area contributed by atoms with Crippen LogP contribution in [-0.4, -0.2) is 60.9 Å². The Balaban J connectivity index is 1.16. The summed E-state index contributed by atoms with van der Waals surface area (Å²) in [5.74, 6) is 0.0841. The van der Waals surface area contributed by atoms with Crippen molar-refractivity contribution in [2.24, 2.45) is 0 Å². The van der Waals surface area contributed by atoms with Crippen LogP contribution in [0, 0.1) is 0 Å². The number of amides is 2. The summed E-state index contributed by atoms with van der Waals surface area (Å²) in [6.07, 6.45) is 0.459. The van der Waals surface area contributed by atoms with E-state index in [0.717, 1.165) is 54.7 Å². The fourth-order valence-corrected chi connectivity index (χ4v) is 4.03. The van der Waals surface area contributed by atoms with Crippen molar-refractivity contribution in [2.45, 2.75) is 13.0 Å². The number of nitrogens with zero attached hydrogens (tertiary/aromatic N) is 2. The summed E-state index contributed by atoms with van der Waals surface area (Å²) in [6, 6.07) is 24.0. The number of carbonyl (C=O) groups excluding carboxylic acids is 2. The topological polar surface area (TPSA) is 64.7 Å². The number of rotatable bonds is 8. The molecule has 1 aliphatic heterocycles. The molecule has 1 aliphatic rings. The van der Waals surface area contributed by atoms with E-state index in [0.29, 0.717) is 19.5 Å². The number of nitrogens with one attached hydrogen (secondary N) is 2. The molecule has 3 aromatic carbocycles. The SMILES string of the molecule is O=C(CN1CCN(CCC(=O)Nc2cccc3ccccc23)CC1)NCc1ccccc1. The van der Waals surface area contributed by atoms with Gasteiger partial charge in [0.2, 0.25) is 11.8 Å². The van der Waals surface area contributed by atoms with Crippen molar-refractivity contribution in [2.75, 3.05) is 44.6 Å². The minimum atomic E-state index is 0.0315. The zero-order valence-electron chi connectivity index (χ0n) is 18.3. The minimum absolute atomic E-state index is 0.0315. The van der Waals surface area contributed by atoms with Crippen molar-refractivity contribution in [1.29, 1.82) is 0 Å². The van der Waals surface area contributed by atoms with Gasteiger partial charge in [-0.1, -0.05) is 66.7 Å². The van der Waals surface area contributed by atoms with Crippen LogP contribution in [0.25, 0.3) is 10.8 Å². The molecule has 0 atom stereocenters. The van der Waals surface area contributed by atoms with Crippen molar-refractivity contribution in [1.82, 2.24) is 15.1 Å². The molecule has 1 fully saturated rings. The van der Waals surface area contributed by atoms with Crippen LogP contribution in [0.15, 0.2) is 72.8 Å². The molecule has 0 aromatic heterocycles. The molecule has 3 aromatic rings. The van der Waals surface area contributed by atoms with Crippen molar-refractivity contribution in [3.63, 3.8) is 0 Å². The van der Waals surface area contributed by atoms with E-state index < -0.39 is 0 Å². The number of benzene rings is 3. The lowest BCUT2D eigenvalue weighted by molar-refractivity contribution is -0.122. The molecule has 4 rings (SSSR count). The molecule has 1 heterocycles. The van der Waals surface area contributed by atoms with Gasteiger partial charge in [-0.15, -0.1) is 0 Å². The molecule has 0 saturated carbocycles. The first kappa shape index (κ1) is 22.0. The van der Waals surface area contributed by atoms with E-state index in [1.54, 1.807) is 0 Å². The molecule has 6 nitrogen and oxygen atoms in total. The second-order valence-electron chi connectivity index (χ2n) is 8.21. The monoisotopic (exact) mass is 430 g/mol. The fraction of sp³-hybridized carbons (Fsp3) is 0.308. The number of hydrogen-bond donors (Lipinski definition) is 2.